The molecule has 98 valence electrons. The first-order valence-corrected chi connectivity index (χ1v) is 5.96. The minimum Gasteiger partial charge on any atom is -0.497 e. The van der Waals surface area contributed by atoms with Crippen LogP contribution in [0.1, 0.15) is 17.0 Å². The summed E-state index contributed by atoms with van der Waals surface area (Å²) in [6, 6.07) is 11.0. The molecule has 4 nitrogen and oxygen atoms in total. The van der Waals surface area contributed by atoms with Gasteiger partial charge in [0.15, 0.2) is 0 Å². The Balaban J connectivity index is 2.24. The zero-order valence-corrected chi connectivity index (χ0v) is 10.6. The molecule has 2 aromatic rings. The van der Waals surface area contributed by atoms with Crippen molar-refractivity contribution in [1.29, 1.82) is 0 Å². The lowest BCUT2D eigenvalue weighted by molar-refractivity contribution is -0.138. The van der Waals surface area contributed by atoms with Gasteiger partial charge < -0.3 is 9.84 Å². The maximum absolute atomic E-state index is 11.4. The molecule has 0 saturated carbocycles. The van der Waals surface area contributed by atoms with E-state index in [4.69, 9.17) is 4.74 Å². The van der Waals surface area contributed by atoms with Crippen molar-refractivity contribution >= 4 is 5.97 Å². The molecular formula is C15H15NO3. The van der Waals surface area contributed by atoms with Crippen LogP contribution >= 0.6 is 0 Å². The molecule has 4 heteroatoms. The van der Waals surface area contributed by atoms with E-state index < -0.39 is 11.9 Å². The number of benzene rings is 1. The Kier molecular flexibility index (Phi) is 4.13. The van der Waals surface area contributed by atoms with Crippen LogP contribution in [0.25, 0.3) is 0 Å². The van der Waals surface area contributed by atoms with E-state index in [1.807, 2.05) is 24.3 Å². The van der Waals surface area contributed by atoms with E-state index in [0.29, 0.717) is 12.0 Å². The number of carboxylic acid groups (broad SMARTS) is 1. The third-order valence-electron chi connectivity index (χ3n) is 2.96. The fourth-order valence-corrected chi connectivity index (χ4v) is 1.96. The molecule has 0 amide bonds. The summed E-state index contributed by atoms with van der Waals surface area (Å²) < 4.78 is 5.14. The predicted molar refractivity (Wildman–Crippen MR) is 71.3 cm³/mol. The van der Waals surface area contributed by atoms with Crippen LogP contribution in [0.15, 0.2) is 48.8 Å². The van der Waals surface area contributed by atoms with E-state index in [1.54, 1.807) is 31.6 Å². The molecule has 19 heavy (non-hydrogen) atoms. The minimum atomic E-state index is -0.851. The molecule has 1 aromatic heterocycles. The van der Waals surface area contributed by atoms with Crippen LogP contribution in [0.4, 0.5) is 0 Å². The summed E-state index contributed by atoms with van der Waals surface area (Å²) in [6.45, 7) is 0. The normalized spacial score (nSPS) is 11.8. The summed E-state index contributed by atoms with van der Waals surface area (Å²) >= 11 is 0. The fourth-order valence-electron chi connectivity index (χ4n) is 1.96. The SMILES string of the molecule is COc1cccc(CC(C(=O)O)c2cccnc2)c1. The van der Waals surface area contributed by atoms with Gasteiger partial charge in [-0.2, -0.15) is 0 Å². The van der Waals surface area contributed by atoms with Gasteiger partial charge in [-0.25, -0.2) is 0 Å². The molecule has 0 radical (unpaired) electrons. The van der Waals surface area contributed by atoms with Crippen molar-refractivity contribution in [1.82, 2.24) is 4.98 Å². The molecule has 0 bridgehead atoms. The molecule has 0 aliphatic heterocycles. The summed E-state index contributed by atoms with van der Waals surface area (Å²) in [5.74, 6) is -0.718. The first-order valence-electron chi connectivity index (χ1n) is 5.96. The van der Waals surface area contributed by atoms with Crippen LogP contribution in [-0.4, -0.2) is 23.2 Å². The van der Waals surface area contributed by atoms with Crippen molar-refractivity contribution < 1.29 is 14.6 Å². The van der Waals surface area contributed by atoms with Gasteiger partial charge >= 0.3 is 5.97 Å². The lowest BCUT2D eigenvalue weighted by Crippen LogP contribution is -2.14. The number of pyridine rings is 1. The number of carbonyl (C=O) groups is 1. The van der Waals surface area contributed by atoms with Crippen molar-refractivity contribution in [2.75, 3.05) is 7.11 Å². The van der Waals surface area contributed by atoms with Gasteiger partial charge in [0.05, 0.1) is 13.0 Å². The molecule has 0 aliphatic rings. The topological polar surface area (TPSA) is 59.4 Å². The number of hydrogen-bond acceptors (Lipinski definition) is 3. The molecule has 1 heterocycles. The van der Waals surface area contributed by atoms with Crippen molar-refractivity contribution in [2.45, 2.75) is 12.3 Å². The summed E-state index contributed by atoms with van der Waals surface area (Å²) in [4.78, 5) is 15.4. The second-order valence-electron chi connectivity index (χ2n) is 4.23. The van der Waals surface area contributed by atoms with Gasteiger partial charge in [-0.05, 0) is 35.7 Å². The molecular weight excluding hydrogens is 242 g/mol. The number of rotatable bonds is 5. The van der Waals surface area contributed by atoms with Crippen LogP contribution < -0.4 is 4.74 Å². The zero-order chi connectivity index (χ0) is 13.7. The molecule has 0 fully saturated rings. The van der Waals surface area contributed by atoms with E-state index in [2.05, 4.69) is 4.98 Å². The average molecular weight is 257 g/mol. The van der Waals surface area contributed by atoms with Crippen LogP contribution in [0.2, 0.25) is 0 Å². The monoisotopic (exact) mass is 257 g/mol. The molecule has 0 saturated heterocycles. The van der Waals surface area contributed by atoms with Gasteiger partial charge in [0.2, 0.25) is 0 Å². The molecule has 0 spiro atoms. The van der Waals surface area contributed by atoms with Crippen LogP contribution in [-0.2, 0) is 11.2 Å². The zero-order valence-electron chi connectivity index (χ0n) is 10.6. The Morgan fingerprint density at radius 1 is 1.37 bits per heavy atom. The minimum absolute atomic E-state index is 0.415. The van der Waals surface area contributed by atoms with E-state index >= 15 is 0 Å². The van der Waals surface area contributed by atoms with E-state index in [-0.39, 0.29) is 0 Å². The third-order valence-corrected chi connectivity index (χ3v) is 2.96. The van der Waals surface area contributed by atoms with E-state index in [9.17, 15) is 9.90 Å². The molecule has 1 atom stereocenters. The van der Waals surface area contributed by atoms with E-state index in [1.165, 1.54) is 0 Å². The fraction of sp³-hybridized carbons (Fsp3) is 0.200. The first-order chi connectivity index (χ1) is 9.20. The smallest absolute Gasteiger partial charge is 0.311 e. The number of hydrogen-bond donors (Lipinski definition) is 1. The van der Waals surface area contributed by atoms with Crippen LogP contribution in [0, 0.1) is 0 Å². The van der Waals surface area contributed by atoms with E-state index in [0.717, 1.165) is 11.3 Å². The van der Waals surface area contributed by atoms with Crippen molar-refractivity contribution in [3.8, 4) is 5.75 Å². The number of ether oxygens (including phenoxy) is 1. The van der Waals surface area contributed by atoms with Crippen molar-refractivity contribution in [3.63, 3.8) is 0 Å². The predicted octanol–water partition coefficient (Wildman–Crippen LogP) is 2.50. The highest BCUT2D eigenvalue weighted by molar-refractivity contribution is 5.76. The Hall–Kier alpha value is -2.36. The lowest BCUT2D eigenvalue weighted by atomic mass is 9.93. The quantitative estimate of drug-likeness (QED) is 0.894. The number of methoxy groups -OCH3 is 1. The number of carboxylic acids is 1. The molecule has 1 N–H and O–H groups in total. The molecule has 1 unspecified atom stereocenters. The molecule has 1 aromatic carbocycles. The Morgan fingerprint density at radius 3 is 2.84 bits per heavy atom. The Labute approximate surface area is 111 Å². The standard InChI is InChI=1S/C15H15NO3/c1-19-13-6-2-4-11(8-13)9-14(15(17)18)12-5-3-7-16-10-12/h2-8,10,14H,9H2,1H3,(H,17,18). The molecule has 2 rings (SSSR count). The van der Waals surface area contributed by atoms with Gasteiger partial charge in [0.25, 0.3) is 0 Å². The highest BCUT2D eigenvalue weighted by atomic mass is 16.5. The third kappa shape index (κ3) is 3.31. The van der Waals surface area contributed by atoms with Crippen molar-refractivity contribution in [3.05, 3.63) is 59.9 Å². The van der Waals surface area contributed by atoms with Crippen LogP contribution in [0.3, 0.4) is 0 Å². The van der Waals surface area contributed by atoms with Crippen LogP contribution in [0.5, 0.6) is 5.75 Å². The van der Waals surface area contributed by atoms with Gasteiger partial charge in [-0.3, -0.25) is 9.78 Å². The highest BCUT2D eigenvalue weighted by Gasteiger charge is 2.20. The summed E-state index contributed by atoms with van der Waals surface area (Å²) in [5, 5.41) is 9.36. The Bertz CT molecular complexity index is 554. The number of aromatic nitrogens is 1. The second-order valence-corrected chi connectivity index (χ2v) is 4.23. The van der Waals surface area contributed by atoms with Gasteiger partial charge in [-0.1, -0.05) is 18.2 Å². The maximum Gasteiger partial charge on any atom is 0.311 e. The maximum atomic E-state index is 11.4. The van der Waals surface area contributed by atoms with Crippen molar-refractivity contribution in [2.24, 2.45) is 0 Å². The summed E-state index contributed by atoms with van der Waals surface area (Å²) in [6.07, 6.45) is 3.64. The van der Waals surface area contributed by atoms with Gasteiger partial charge in [-0.15, -0.1) is 0 Å². The average Bonchev–Trinajstić information content (AvgIpc) is 2.45. The lowest BCUT2D eigenvalue weighted by Gasteiger charge is -2.13. The summed E-state index contributed by atoms with van der Waals surface area (Å²) in [5.41, 5.74) is 1.63. The first kappa shape index (κ1) is 13.1. The highest BCUT2D eigenvalue weighted by Crippen LogP contribution is 2.22. The molecule has 0 aliphatic carbocycles. The number of aliphatic carboxylic acids is 1. The number of nitrogens with zero attached hydrogens (tertiary/aromatic N) is 1. The summed E-state index contributed by atoms with van der Waals surface area (Å²) in [7, 11) is 1.59. The Morgan fingerprint density at radius 2 is 2.21 bits per heavy atom. The van der Waals surface area contributed by atoms with Gasteiger partial charge in [0, 0.05) is 12.4 Å². The van der Waals surface area contributed by atoms with Gasteiger partial charge in [0.1, 0.15) is 5.75 Å². The second kappa shape index (κ2) is 6.00. The largest absolute Gasteiger partial charge is 0.497 e.